The maximum absolute atomic E-state index is 6.05. The van der Waals surface area contributed by atoms with Crippen LogP contribution in [0.2, 0.25) is 0 Å². The molecule has 0 aliphatic rings. The Morgan fingerprint density at radius 3 is 1.87 bits per heavy atom. The van der Waals surface area contributed by atoms with Crippen molar-refractivity contribution in [2.45, 2.75) is 59.5 Å². The molecule has 0 spiro atoms. The fourth-order valence-electron chi connectivity index (χ4n) is 4.91. The molecular formula is C28H44NO2+. The van der Waals surface area contributed by atoms with Gasteiger partial charge in [-0.15, -0.1) is 0 Å². The molecule has 0 saturated carbocycles. The Bertz CT molecular complexity index is 719. The Balaban J connectivity index is 2.04. The first-order valence-electron chi connectivity index (χ1n) is 11.9. The highest BCUT2D eigenvalue weighted by molar-refractivity contribution is 5.20. The van der Waals surface area contributed by atoms with Gasteiger partial charge in [-0.05, 0) is 30.9 Å². The van der Waals surface area contributed by atoms with Crippen molar-refractivity contribution in [3.05, 3.63) is 66.2 Å². The lowest BCUT2D eigenvalue weighted by Crippen LogP contribution is -2.62. The van der Waals surface area contributed by atoms with Gasteiger partial charge in [0, 0.05) is 18.4 Å². The number of benzene rings is 2. The molecule has 0 saturated heterocycles. The van der Waals surface area contributed by atoms with E-state index in [1.54, 1.807) is 0 Å². The smallest absolute Gasteiger partial charge is 0.119 e. The Hall–Kier alpha value is -1.84. The van der Waals surface area contributed by atoms with Crippen LogP contribution in [0.3, 0.4) is 0 Å². The van der Waals surface area contributed by atoms with Gasteiger partial charge in [0.05, 0.1) is 25.8 Å². The molecule has 0 aliphatic heterocycles. The number of nitrogens with zero attached hydrogens (tertiary/aromatic N) is 1. The van der Waals surface area contributed by atoms with Crippen molar-refractivity contribution in [3.8, 4) is 5.75 Å². The molecule has 172 valence electrons. The lowest BCUT2D eigenvalue weighted by Gasteiger charge is -2.51. The van der Waals surface area contributed by atoms with Crippen LogP contribution >= 0.6 is 0 Å². The molecule has 2 aromatic rings. The molecule has 1 unspecified atom stereocenters. The van der Waals surface area contributed by atoms with E-state index in [0.717, 1.165) is 29.9 Å². The highest BCUT2D eigenvalue weighted by atomic mass is 16.5. The van der Waals surface area contributed by atoms with Gasteiger partial charge < -0.3 is 14.0 Å². The van der Waals surface area contributed by atoms with E-state index >= 15 is 0 Å². The minimum atomic E-state index is 0.197. The summed E-state index contributed by atoms with van der Waals surface area (Å²) in [5.41, 5.74) is 1.60. The fraction of sp³-hybridized carbons (Fsp3) is 0.571. The van der Waals surface area contributed by atoms with Crippen LogP contribution in [0.1, 0.15) is 53.0 Å². The minimum Gasteiger partial charge on any atom is -0.491 e. The summed E-state index contributed by atoms with van der Waals surface area (Å²) < 4.78 is 12.8. The van der Waals surface area contributed by atoms with E-state index in [9.17, 15) is 0 Å². The number of rotatable bonds is 14. The Kier molecular flexibility index (Phi) is 10.1. The van der Waals surface area contributed by atoms with Gasteiger partial charge in [0.25, 0.3) is 0 Å². The normalized spacial score (nSPS) is 14.1. The molecule has 0 heterocycles. The summed E-state index contributed by atoms with van der Waals surface area (Å²) in [6.45, 7) is 15.9. The van der Waals surface area contributed by atoms with E-state index in [-0.39, 0.29) is 5.54 Å². The zero-order valence-electron chi connectivity index (χ0n) is 20.6. The molecule has 0 aromatic heterocycles. The van der Waals surface area contributed by atoms with Gasteiger partial charge in [-0.25, -0.2) is 0 Å². The zero-order valence-corrected chi connectivity index (χ0v) is 20.6. The molecule has 1 atom stereocenters. The molecule has 31 heavy (non-hydrogen) atoms. The number of ether oxygens (including phenoxy) is 2. The van der Waals surface area contributed by atoms with E-state index in [1.807, 2.05) is 30.3 Å². The summed E-state index contributed by atoms with van der Waals surface area (Å²) in [6, 6.07) is 20.9. The molecule has 0 radical (unpaired) electrons. The molecule has 3 heteroatoms. The van der Waals surface area contributed by atoms with Crippen molar-refractivity contribution in [1.82, 2.24) is 0 Å². The summed E-state index contributed by atoms with van der Waals surface area (Å²) >= 11 is 0. The third-order valence-electron chi connectivity index (χ3n) is 6.34. The molecule has 3 nitrogen and oxygen atoms in total. The highest BCUT2D eigenvalue weighted by Crippen LogP contribution is 2.37. The second-order valence-electron chi connectivity index (χ2n) is 10.2. The molecule has 0 N–H and O–H groups in total. The number of quaternary nitrogens is 1. The van der Waals surface area contributed by atoms with Crippen LogP contribution in [0, 0.1) is 11.8 Å². The topological polar surface area (TPSA) is 18.5 Å². The second kappa shape index (κ2) is 12.3. The maximum atomic E-state index is 6.05. The average molecular weight is 427 g/mol. The van der Waals surface area contributed by atoms with Gasteiger partial charge in [-0.3, -0.25) is 0 Å². The van der Waals surface area contributed by atoms with E-state index < -0.39 is 0 Å². The number of para-hydroxylation sites is 1. The molecule has 0 aliphatic carbocycles. The Morgan fingerprint density at radius 2 is 1.32 bits per heavy atom. The minimum absolute atomic E-state index is 0.197. The van der Waals surface area contributed by atoms with Gasteiger partial charge in [0.2, 0.25) is 0 Å². The third-order valence-corrected chi connectivity index (χ3v) is 6.34. The first-order valence-corrected chi connectivity index (χ1v) is 11.9. The summed E-state index contributed by atoms with van der Waals surface area (Å²) in [6.07, 6.45) is 2.43. The van der Waals surface area contributed by atoms with Crippen molar-refractivity contribution in [1.29, 1.82) is 0 Å². The molecule has 0 amide bonds. The molecule has 2 aromatic carbocycles. The fourth-order valence-corrected chi connectivity index (χ4v) is 4.91. The van der Waals surface area contributed by atoms with Gasteiger partial charge in [-0.1, -0.05) is 76.2 Å². The lowest BCUT2D eigenvalue weighted by atomic mass is 9.79. The first-order chi connectivity index (χ1) is 14.7. The largest absolute Gasteiger partial charge is 0.491 e. The van der Waals surface area contributed by atoms with Crippen molar-refractivity contribution in [2.75, 3.05) is 33.4 Å². The van der Waals surface area contributed by atoms with E-state index in [2.05, 4.69) is 72.0 Å². The van der Waals surface area contributed by atoms with Crippen LogP contribution in [-0.2, 0) is 11.3 Å². The molecule has 0 bridgehead atoms. The SMILES string of the molecule is CC(C)CC(C)(CC(C)C)[N+](C)(CCOCCOc1ccccc1)Cc1ccccc1. The monoisotopic (exact) mass is 426 g/mol. The Labute approximate surface area is 191 Å². The van der Waals surface area contributed by atoms with Gasteiger partial charge in [-0.2, -0.15) is 0 Å². The summed E-state index contributed by atoms with van der Waals surface area (Å²) in [4.78, 5) is 0. The van der Waals surface area contributed by atoms with Gasteiger partial charge in [0.15, 0.2) is 0 Å². The molecular weight excluding hydrogens is 382 g/mol. The Morgan fingerprint density at radius 1 is 0.774 bits per heavy atom. The van der Waals surface area contributed by atoms with Crippen LogP contribution in [0.5, 0.6) is 5.75 Å². The molecule has 2 rings (SSSR count). The molecule has 0 fully saturated rings. The van der Waals surface area contributed by atoms with Gasteiger partial charge >= 0.3 is 0 Å². The quantitative estimate of drug-likeness (QED) is 0.251. The van der Waals surface area contributed by atoms with Crippen molar-refractivity contribution >= 4 is 0 Å². The average Bonchev–Trinajstić information content (AvgIpc) is 2.71. The standard InChI is InChI=1S/C28H44NO2/c1-24(2)21-28(5,22-25(3)4)29(6,23-26-13-9-7-10-14-26)17-18-30-19-20-31-27-15-11-8-12-16-27/h7-16,24-25H,17-23H2,1-6H3/q+1. The third kappa shape index (κ3) is 8.31. The van der Waals surface area contributed by atoms with Crippen molar-refractivity contribution in [2.24, 2.45) is 11.8 Å². The maximum Gasteiger partial charge on any atom is 0.119 e. The van der Waals surface area contributed by atoms with Crippen LogP contribution in [-0.4, -0.2) is 43.4 Å². The van der Waals surface area contributed by atoms with E-state index in [1.165, 1.54) is 18.4 Å². The van der Waals surface area contributed by atoms with Crippen LogP contribution in [0.15, 0.2) is 60.7 Å². The van der Waals surface area contributed by atoms with Crippen molar-refractivity contribution in [3.63, 3.8) is 0 Å². The zero-order chi connectivity index (χ0) is 22.7. The van der Waals surface area contributed by atoms with Gasteiger partial charge in [0.1, 0.15) is 25.4 Å². The second-order valence-corrected chi connectivity index (χ2v) is 10.2. The summed E-state index contributed by atoms with van der Waals surface area (Å²) in [7, 11) is 2.43. The summed E-state index contributed by atoms with van der Waals surface area (Å²) in [5, 5.41) is 0. The van der Waals surface area contributed by atoms with Crippen molar-refractivity contribution < 1.29 is 14.0 Å². The predicted octanol–water partition coefficient (Wildman–Crippen LogP) is 6.58. The van der Waals surface area contributed by atoms with Crippen LogP contribution in [0.4, 0.5) is 0 Å². The number of hydrogen-bond donors (Lipinski definition) is 0. The first kappa shape index (κ1) is 25.4. The van der Waals surface area contributed by atoms with Crippen LogP contribution in [0.25, 0.3) is 0 Å². The summed E-state index contributed by atoms with van der Waals surface area (Å²) in [5.74, 6) is 2.23. The number of likely N-dealkylation sites (N-methyl/N-ethyl adjacent to an activating group) is 1. The van der Waals surface area contributed by atoms with Crippen LogP contribution < -0.4 is 4.74 Å². The van der Waals surface area contributed by atoms with E-state index in [0.29, 0.717) is 25.0 Å². The predicted molar refractivity (Wildman–Crippen MR) is 131 cm³/mol. The lowest BCUT2D eigenvalue weighted by molar-refractivity contribution is -0.971. The number of hydrogen-bond acceptors (Lipinski definition) is 2. The van der Waals surface area contributed by atoms with E-state index in [4.69, 9.17) is 9.47 Å². The highest BCUT2D eigenvalue weighted by Gasteiger charge is 2.44.